The lowest BCUT2D eigenvalue weighted by molar-refractivity contribution is 0.203. The zero-order valence-electron chi connectivity index (χ0n) is 12.2. The Kier molecular flexibility index (Phi) is 7.81. The van der Waals surface area contributed by atoms with Gasteiger partial charge >= 0.3 is 0 Å². The molecule has 1 aliphatic carbocycles. The van der Waals surface area contributed by atoms with Crippen LogP contribution in [-0.2, 0) is 4.74 Å². The van der Waals surface area contributed by atoms with E-state index < -0.39 is 0 Å². The number of ether oxygens (including phenoxy) is 1. The molecule has 4 nitrogen and oxygen atoms in total. The second-order valence-corrected chi connectivity index (χ2v) is 5.16. The van der Waals surface area contributed by atoms with Gasteiger partial charge in [0.05, 0.1) is 6.61 Å². The molecule has 1 saturated carbocycles. The summed E-state index contributed by atoms with van der Waals surface area (Å²) in [4.78, 5) is 4.70. The van der Waals surface area contributed by atoms with Crippen molar-refractivity contribution in [2.45, 2.75) is 39.5 Å². The Hall–Kier alpha value is -0.770. The van der Waals surface area contributed by atoms with Crippen LogP contribution >= 0.6 is 0 Å². The van der Waals surface area contributed by atoms with Gasteiger partial charge in [-0.15, -0.1) is 0 Å². The molecule has 0 amide bonds. The summed E-state index contributed by atoms with van der Waals surface area (Å²) in [5.41, 5.74) is 0. The molecule has 1 fully saturated rings. The largest absolute Gasteiger partial charge is 0.383 e. The van der Waals surface area contributed by atoms with Gasteiger partial charge in [-0.25, -0.2) is 0 Å². The molecule has 1 aliphatic rings. The molecule has 0 aromatic carbocycles. The molecule has 18 heavy (non-hydrogen) atoms. The van der Waals surface area contributed by atoms with Gasteiger partial charge in [0.2, 0.25) is 0 Å². The third-order valence-electron chi connectivity index (χ3n) is 3.72. The standard InChI is InChI=1S/C14H29N3O/c1-4-15-14(16-9-10-18-3)17-11-13-8-6-5-7-12(13)2/h12-13H,4-11H2,1-3H3,(H2,15,16,17). The predicted octanol–water partition coefficient (Wildman–Crippen LogP) is 2.01. The van der Waals surface area contributed by atoms with Crippen LogP contribution in [0.1, 0.15) is 39.5 Å². The first-order valence-electron chi connectivity index (χ1n) is 7.29. The van der Waals surface area contributed by atoms with E-state index in [9.17, 15) is 0 Å². The van der Waals surface area contributed by atoms with E-state index in [-0.39, 0.29) is 0 Å². The van der Waals surface area contributed by atoms with Crippen molar-refractivity contribution < 1.29 is 4.74 Å². The van der Waals surface area contributed by atoms with Crippen LogP contribution in [0.15, 0.2) is 4.99 Å². The molecule has 0 radical (unpaired) electrons. The van der Waals surface area contributed by atoms with Gasteiger partial charge in [-0.05, 0) is 25.2 Å². The third-order valence-corrected chi connectivity index (χ3v) is 3.72. The number of hydrogen-bond acceptors (Lipinski definition) is 2. The Bertz CT molecular complexity index is 243. The van der Waals surface area contributed by atoms with Crippen LogP contribution < -0.4 is 10.6 Å². The maximum atomic E-state index is 5.04. The highest BCUT2D eigenvalue weighted by Crippen LogP contribution is 2.29. The monoisotopic (exact) mass is 255 g/mol. The Labute approximate surface area is 112 Å². The maximum absolute atomic E-state index is 5.04. The van der Waals surface area contributed by atoms with E-state index in [1.807, 2.05) is 0 Å². The fourth-order valence-electron chi connectivity index (χ4n) is 2.49. The highest BCUT2D eigenvalue weighted by molar-refractivity contribution is 5.79. The van der Waals surface area contributed by atoms with Crippen molar-refractivity contribution >= 4 is 5.96 Å². The first kappa shape index (κ1) is 15.3. The van der Waals surface area contributed by atoms with Crippen LogP contribution in [0.3, 0.4) is 0 Å². The van der Waals surface area contributed by atoms with Gasteiger partial charge in [-0.2, -0.15) is 0 Å². The molecule has 0 bridgehead atoms. The fourth-order valence-corrected chi connectivity index (χ4v) is 2.49. The van der Waals surface area contributed by atoms with Crippen LogP contribution in [0, 0.1) is 11.8 Å². The van der Waals surface area contributed by atoms with Crippen LogP contribution in [0.4, 0.5) is 0 Å². The maximum Gasteiger partial charge on any atom is 0.191 e. The molecule has 0 aromatic rings. The van der Waals surface area contributed by atoms with Crippen molar-refractivity contribution in [3.05, 3.63) is 0 Å². The quantitative estimate of drug-likeness (QED) is 0.433. The third kappa shape index (κ3) is 5.71. The van der Waals surface area contributed by atoms with Gasteiger partial charge < -0.3 is 15.4 Å². The summed E-state index contributed by atoms with van der Waals surface area (Å²) < 4.78 is 5.04. The number of rotatable bonds is 6. The average molecular weight is 255 g/mol. The van der Waals surface area contributed by atoms with E-state index in [4.69, 9.17) is 9.73 Å². The Morgan fingerprint density at radius 1 is 1.28 bits per heavy atom. The molecular formula is C14H29N3O. The molecule has 2 N–H and O–H groups in total. The minimum Gasteiger partial charge on any atom is -0.383 e. The summed E-state index contributed by atoms with van der Waals surface area (Å²) in [7, 11) is 1.72. The van der Waals surface area contributed by atoms with E-state index in [0.717, 1.165) is 37.4 Å². The van der Waals surface area contributed by atoms with Gasteiger partial charge in [0.15, 0.2) is 5.96 Å². The molecule has 0 saturated heterocycles. The normalized spacial score (nSPS) is 24.9. The van der Waals surface area contributed by atoms with E-state index in [2.05, 4.69) is 24.5 Å². The molecule has 106 valence electrons. The SMILES string of the molecule is CCNC(=NCC1CCCCC1C)NCCOC. The van der Waals surface area contributed by atoms with Crippen LogP contribution in [-0.4, -0.2) is 39.3 Å². The topological polar surface area (TPSA) is 45.7 Å². The molecule has 1 rings (SSSR count). The summed E-state index contributed by atoms with van der Waals surface area (Å²) in [5, 5.41) is 6.57. The van der Waals surface area contributed by atoms with Crippen molar-refractivity contribution in [3.63, 3.8) is 0 Å². The highest BCUT2D eigenvalue weighted by atomic mass is 16.5. The summed E-state index contributed by atoms with van der Waals surface area (Å²) in [5.74, 6) is 2.51. The number of methoxy groups -OCH3 is 1. The predicted molar refractivity (Wildman–Crippen MR) is 77.0 cm³/mol. The van der Waals surface area contributed by atoms with Crippen molar-refractivity contribution in [2.24, 2.45) is 16.8 Å². The second-order valence-electron chi connectivity index (χ2n) is 5.16. The summed E-state index contributed by atoms with van der Waals surface area (Å²) in [6.07, 6.45) is 5.47. The number of aliphatic imine (C=N–C) groups is 1. The molecule has 0 spiro atoms. The smallest absolute Gasteiger partial charge is 0.191 e. The first-order chi connectivity index (χ1) is 8.77. The minimum atomic E-state index is 0.713. The first-order valence-corrected chi connectivity index (χ1v) is 7.29. The van der Waals surface area contributed by atoms with E-state index in [1.54, 1.807) is 7.11 Å². The molecule has 2 unspecified atom stereocenters. The molecule has 2 atom stereocenters. The lowest BCUT2D eigenvalue weighted by Gasteiger charge is -2.27. The van der Waals surface area contributed by atoms with Crippen molar-refractivity contribution in [3.8, 4) is 0 Å². The average Bonchev–Trinajstić information content (AvgIpc) is 2.38. The second kappa shape index (κ2) is 9.20. The molecule has 0 aromatic heterocycles. The molecular weight excluding hydrogens is 226 g/mol. The highest BCUT2D eigenvalue weighted by Gasteiger charge is 2.20. The fraction of sp³-hybridized carbons (Fsp3) is 0.929. The molecule has 0 aliphatic heterocycles. The van der Waals surface area contributed by atoms with Crippen molar-refractivity contribution in [2.75, 3.05) is 33.4 Å². The Balaban J connectivity index is 2.37. The number of nitrogens with one attached hydrogen (secondary N) is 2. The zero-order valence-corrected chi connectivity index (χ0v) is 12.2. The summed E-state index contributed by atoms with van der Waals surface area (Å²) in [6, 6.07) is 0. The van der Waals surface area contributed by atoms with Crippen molar-refractivity contribution in [1.82, 2.24) is 10.6 Å². The lowest BCUT2D eigenvalue weighted by atomic mass is 9.80. The number of guanidine groups is 1. The molecule has 4 heteroatoms. The van der Waals surface area contributed by atoms with Gasteiger partial charge in [0.1, 0.15) is 0 Å². The summed E-state index contributed by atoms with van der Waals surface area (Å²) >= 11 is 0. The van der Waals surface area contributed by atoms with E-state index >= 15 is 0 Å². The van der Waals surface area contributed by atoms with Crippen molar-refractivity contribution in [1.29, 1.82) is 0 Å². The van der Waals surface area contributed by atoms with E-state index in [1.165, 1.54) is 25.7 Å². The lowest BCUT2D eigenvalue weighted by Crippen LogP contribution is -2.39. The number of nitrogens with zero attached hydrogens (tertiary/aromatic N) is 1. The Morgan fingerprint density at radius 3 is 2.72 bits per heavy atom. The van der Waals surface area contributed by atoms with Crippen LogP contribution in [0.5, 0.6) is 0 Å². The zero-order chi connectivity index (χ0) is 13.2. The van der Waals surface area contributed by atoms with Gasteiger partial charge in [-0.1, -0.05) is 26.2 Å². The van der Waals surface area contributed by atoms with Gasteiger partial charge in [0, 0.05) is 26.7 Å². The number of hydrogen-bond donors (Lipinski definition) is 2. The Morgan fingerprint density at radius 2 is 2.06 bits per heavy atom. The van der Waals surface area contributed by atoms with Crippen LogP contribution in [0.25, 0.3) is 0 Å². The summed E-state index contributed by atoms with van der Waals surface area (Å²) in [6.45, 7) is 7.83. The van der Waals surface area contributed by atoms with Crippen LogP contribution in [0.2, 0.25) is 0 Å². The van der Waals surface area contributed by atoms with E-state index in [0.29, 0.717) is 6.61 Å². The molecule has 0 heterocycles. The van der Waals surface area contributed by atoms with Gasteiger partial charge in [0.25, 0.3) is 0 Å². The minimum absolute atomic E-state index is 0.713. The van der Waals surface area contributed by atoms with Gasteiger partial charge in [-0.3, -0.25) is 4.99 Å².